The van der Waals surface area contributed by atoms with Crippen molar-refractivity contribution in [3.05, 3.63) is 27.6 Å². The largest absolute Gasteiger partial charge is 0.468 e. The van der Waals surface area contributed by atoms with Crippen LogP contribution in [0.15, 0.2) is 18.2 Å². The molecule has 76 valence electrons. The third-order valence-electron chi connectivity index (χ3n) is 1.58. The Bertz CT molecular complexity index is 344. The second-order valence-electron chi connectivity index (χ2n) is 2.55. The summed E-state index contributed by atoms with van der Waals surface area (Å²) in [6.45, 7) is 0.0815. The van der Waals surface area contributed by atoms with Gasteiger partial charge in [-0.2, -0.15) is 0 Å². The lowest BCUT2D eigenvalue weighted by Gasteiger charge is -2.06. The van der Waals surface area contributed by atoms with Crippen molar-refractivity contribution in [2.45, 2.75) is 0 Å². The summed E-state index contributed by atoms with van der Waals surface area (Å²) in [6, 6.07) is 4.31. The summed E-state index contributed by atoms with van der Waals surface area (Å²) in [6.07, 6.45) is 0. The first-order valence-corrected chi connectivity index (χ1v) is 4.97. The number of hydrogen-bond acceptors (Lipinski definition) is 3. The first-order valence-electron chi connectivity index (χ1n) is 3.89. The van der Waals surface area contributed by atoms with E-state index in [1.807, 2.05) is 22.6 Å². The molecule has 1 aromatic carbocycles. The second-order valence-corrected chi connectivity index (χ2v) is 3.72. The molecule has 0 aliphatic carbocycles. The summed E-state index contributed by atoms with van der Waals surface area (Å²) in [5.74, 6) is -0.650. The van der Waals surface area contributed by atoms with E-state index in [1.54, 1.807) is 6.07 Å². The Morgan fingerprint density at radius 3 is 2.93 bits per heavy atom. The van der Waals surface area contributed by atoms with Gasteiger partial charge in [0.25, 0.3) is 0 Å². The molecular formula is C9H9FINO2. The van der Waals surface area contributed by atoms with Crippen LogP contribution >= 0.6 is 22.6 Å². The molecule has 0 spiro atoms. The molecule has 1 aromatic rings. The molecule has 0 aromatic heterocycles. The highest BCUT2D eigenvalue weighted by molar-refractivity contribution is 14.1. The molecule has 1 N–H and O–H groups in total. The number of hydrogen-bond donors (Lipinski definition) is 1. The molecule has 5 heteroatoms. The van der Waals surface area contributed by atoms with Gasteiger partial charge in [0.1, 0.15) is 12.4 Å². The highest BCUT2D eigenvalue weighted by Crippen LogP contribution is 2.18. The second kappa shape index (κ2) is 5.14. The van der Waals surface area contributed by atoms with Gasteiger partial charge in [0.15, 0.2) is 0 Å². The zero-order valence-electron chi connectivity index (χ0n) is 7.51. The van der Waals surface area contributed by atoms with Crippen molar-refractivity contribution in [1.29, 1.82) is 0 Å². The van der Waals surface area contributed by atoms with Crippen LogP contribution in [0.3, 0.4) is 0 Å². The fourth-order valence-electron chi connectivity index (χ4n) is 0.872. The maximum Gasteiger partial charge on any atom is 0.325 e. The van der Waals surface area contributed by atoms with Crippen LogP contribution in [0.25, 0.3) is 0 Å². The van der Waals surface area contributed by atoms with Crippen molar-refractivity contribution in [2.24, 2.45) is 0 Å². The van der Waals surface area contributed by atoms with Crippen LogP contribution in [0.2, 0.25) is 0 Å². The highest BCUT2D eigenvalue weighted by Gasteiger charge is 2.03. The van der Waals surface area contributed by atoms with Crippen LogP contribution in [-0.4, -0.2) is 19.6 Å². The summed E-state index contributed by atoms with van der Waals surface area (Å²) >= 11 is 1.99. The van der Waals surface area contributed by atoms with Crippen molar-refractivity contribution in [3.63, 3.8) is 0 Å². The Balaban J connectivity index is 2.63. The topological polar surface area (TPSA) is 38.3 Å². The third kappa shape index (κ3) is 3.13. The number of ether oxygens (including phenoxy) is 1. The van der Waals surface area contributed by atoms with E-state index in [-0.39, 0.29) is 18.3 Å². The number of carbonyl (C=O) groups excluding carboxylic acids is 1. The zero-order chi connectivity index (χ0) is 10.6. The molecule has 0 atom stereocenters. The number of nitrogens with one attached hydrogen (secondary N) is 1. The summed E-state index contributed by atoms with van der Waals surface area (Å²) in [5.41, 5.74) is 0.720. The van der Waals surface area contributed by atoms with Gasteiger partial charge in [-0.1, -0.05) is 0 Å². The van der Waals surface area contributed by atoms with E-state index in [9.17, 15) is 9.18 Å². The minimum atomic E-state index is -0.356. The minimum absolute atomic E-state index is 0.0815. The van der Waals surface area contributed by atoms with E-state index in [1.165, 1.54) is 19.2 Å². The van der Waals surface area contributed by atoms with Gasteiger partial charge in [0.05, 0.1) is 7.11 Å². The quantitative estimate of drug-likeness (QED) is 0.686. The molecule has 0 saturated heterocycles. The smallest absolute Gasteiger partial charge is 0.325 e. The number of carbonyl (C=O) groups is 1. The zero-order valence-corrected chi connectivity index (χ0v) is 9.67. The average molecular weight is 309 g/mol. The number of halogens is 2. The van der Waals surface area contributed by atoms with Gasteiger partial charge in [0.2, 0.25) is 0 Å². The molecule has 1 rings (SSSR count). The lowest BCUT2D eigenvalue weighted by atomic mass is 10.3. The molecular weight excluding hydrogens is 300 g/mol. The van der Waals surface area contributed by atoms with E-state index >= 15 is 0 Å². The van der Waals surface area contributed by atoms with Crippen molar-refractivity contribution in [3.8, 4) is 0 Å². The van der Waals surface area contributed by atoms with E-state index in [0.717, 1.165) is 9.26 Å². The molecule has 0 heterocycles. The van der Waals surface area contributed by atoms with Crippen molar-refractivity contribution in [1.82, 2.24) is 0 Å². The highest BCUT2D eigenvalue weighted by atomic mass is 127. The predicted octanol–water partition coefficient (Wildman–Crippen LogP) is 2.02. The third-order valence-corrected chi connectivity index (χ3v) is 2.47. The van der Waals surface area contributed by atoms with Gasteiger partial charge in [0, 0.05) is 9.26 Å². The van der Waals surface area contributed by atoms with Crippen LogP contribution in [0.4, 0.5) is 10.1 Å². The molecule has 3 nitrogen and oxygen atoms in total. The average Bonchev–Trinajstić information content (AvgIpc) is 2.16. The van der Waals surface area contributed by atoms with Crippen LogP contribution in [0.5, 0.6) is 0 Å². The SMILES string of the molecule is COC(=O)CNc1ccc(F)cc1I. The monoisotopic (exact) mass is 309 g/mol. The summed E-state index contributed by atoms with van der Waals surface area (Å²) in [7, 11) is 1.32. The summed E-state index contributed by atoms with van der Waals surface area (Å²) in [5, 5.41) is 2.84. The Hall–Kier alpha value is -0.850. The van der Waals surface area contributed by atoms with Gasteiger partial charge in [-0.25, -0.2) is 4.39 Å². The van der Waals surface area contributed by atoms with Gasteiger partial charge < -0.3 is 10.1 Å². The van der Waals surface area contributed by atoms with E-state index in [4.69, 9.17) is 0 Å². The van der Waals surface area contributed by atoms with Crippen molar-refractivity contribution < 1.29 is 13.9 Å². The molecule has 0 aliphatic rings. The summed E-state index contributed by atoms with van der Waals surface area (Å²) in [4.78, 5) is 10.8. The van der Waals surface area contributed by atoms with E-state index in [2.05, 4.69) is 10.1 Å². The first kappa shape index (κ1) is 11.2. The Morgan fingerprint density at radius 1 is 1.64 bits per heavy atom. The fourth-order valence-corrected chi connectivity index (χ4v) is 1.54. The van der Waals surface area contributed by atoms with Gasteiger partial charge in [-0.15, -0.1) is 0 Å². The Labute approximate surface area is 94.8 Å². The number of esters is 1. The molecule has 0 bridgehead atoms. The molecule has 0 radical (unpaired) electrons. The predicted molar refractivity (Wildman–Crippen MR) is 59.6 cm³/mol. The minimum Gasteiger partial charge on any atom is -0.468 e. The van der Waals surface area contributed by atoms with Crippen LogP contribution in [-0.2, 0) is 9.53 Å². The molecule has 0 aliphatic heterocycles. The molecule has 0 unspecified atom stereocenters. The van der Waals surface area contributed by atoms with Crippen molar-refractivity contribution >= 4 is 34.2 Å². The van der Waals surface area contributed by atoms with E-state index in [0.29, 0.717) is 0 Å². The van der Waals surface area contributed by atoms with Crippen LogP contribution in [0.1, 0.15) is 0 Å². The van der Waals surface area contributed by atoms with Crippen molar-refractivity contribution in [2.75, 3.05) is 19.0 Å². The molecule has 14 heavy (non-hydrogen) atoms. The number of anilines is 1. The standard InChI is InChI=1S/C9H9FINO2/c1-14-9(13)5-12-8-3-2-6(10)4-7(8)11/h2-4,12H,5H2,1H3. The number of methoxy groups -OCH3 is 1. The fraction of sp³-hybridized carbons (Fsp3) is 0.222. The number of benzene rings is 1. The normalized spacial score (nSPS) is 9.64. The summed E-state index contributed by atoms with van der Waals surface area (Å²) < 4.78 is 17.9. The molecule has 0 saturated carbocycles. The van der Waals surface area contributed by atoms with Gasteiger partial charge in [-0.3, -0.25) is 4.79 Å². The lowest BCUT2D eigenvalue weighted by Crippen LogP contribution is -2.15. The van der Waals surface area contributed by atoms with Crippen LogP contribution < -0.4 is 5.32 Å². The first-order chi connectivity index (χ1) is 6.63. The van der Waals surface area contributed by atoms with E-state index < -0.39 is 0 Å². The molecule has 0 amide bonds. The molecule has 0 fully saturated rings. The van der Waals surface area contributed by atoms with Crippen LogP contribution in [0, 0.1) is 9.39 Å². The lowest BCUT2D eigenvalue weighted by molar-refractivity contribution is -0.138. The maximum atomic E-state index is 12.7. The number of rotatable bonds is 3. The Morgan fingerprint density at radius 2 is 2.36 bits per heavy atom. The Kier molecular flexibility index (Phi) is 4.12. The van der Waals surface area contributed by atoms with Gasteiger partial charge >= 0.3 is 5.97 Å². The maximum absolute atomic E-state index is 12.7. The van der Waals surface area contributed by atoms with Gasteiger partial charge in [-0.05, 0) is 40.8 Å².